The zero-order valence-electron chi connectivity index (χ0n) is 16.3. The summed E-state index contributed by atoms with van der Waals surface area (Å²) in [6.07, 6.45) is 0.514. The fourth-order valence-corrected chi connectivity index (χ4v) is 3.12. The molecule has 1 amide bonds. The lowest BCUT2D eigenvalue weighted by atomic mass is 10.1. The third kappa shape index (κ3) is 4.56. The number of aromatic nitrogens is 4. The number of aryl methyl sites for hydroxylation is 2. The topological polar surface area (TPSA) is 92.7 Å². The molecule has 0 unspecified atom stereocenters. The average molecular weight is 401 g/mol. The summed E-state index contributed by atoms with van der Waals surface area (Å²) in [5.74, 6) is -1.42. The monoisotopic (exact) mass is 401 g/mol. The molecule has 152 valence electrons. The molecule has 0 saturated heterocycles. The van der Waals surface area contributed by atoms with Crippen LogP contribution in [0, 0.1) is 32.4 Å². The van der Waals surface area contributed by atoms with Crippen molar-refractivity contribution in [2.45, 2.75) is 40.2 Å². The maximum atomic E-state index is 13.6. The number of hydrogen-bond donors (Lipinski definition) is 2. The van der Waals surface area contributed by atoms with E-state index < -0.39 is 11.6 Å². The molecule has 1 aromatic carbocycles. The van der Waals surface area contributed by atoms with Gasteiger partial charge in [-0.15, -0.1) is 0 Å². The van der Waals surface area contributed by atoms with Gasteiger partial charge in [-0.25, -0.2) is 18.4 Å². The minimum atomic E-state index is -0.696. The molecule has 0 spiro atoms. The molecule has 0 aliphatic carbocycles. The van der Waals surface area contributed by atoms with E-state index in [0.29, 0.717) is 23.8 Å². The summed E-state index contributed by atoms with van der Waals surface area (Å²) in [6, 6.07) is 4.96. The van der Waals surface area contributed by atoms with Gasteiger partial charge in [0.2, 0.25) is 11.9 Å². The van der Waals surface area contributed by atoms with Gasteiger partial charge >= 0.3 is 0 Å². The lowest BCUT2D eigenvalue weighted by Crippen LogP contribution is -2.24. The summed E-state index contributed by atoms with van der Waals surface area (Å²) < 4.78 is 28.8. The lowest BCUT2D eigenvalue weighted by Gasteiger charge is -2.08. The van der Waals surface area contributed by atoms with Crippen molar-refractivity contribution < 1.29 is 13.6 Å². The van der Waals surface area contributed by atoms with Gasteiger partial charge in [0.05, 0.1) is 5.69 Å². The van der Waals surface area contributed by atoms with Crippen LogP contribution in [0.5, 0.6) is 0 Å². The van der Waals surface area contributed by atoms with Crippen LogP contribution in [-0.4, -0.2) is 25.7 Å². The normalized spacial score (nSPS) is 10.9. The van der Waals surface area contributed by atoms with Crippen LogP contribution in [-0.2, 0) is 17.8 Å². The Bertz CT molecular complexity index is 1100. The Morgan fingerprint density at radius 1 is 1.17 bits per heavy atom. The second kappa shape index (κ2) is 8.34. The van der Waals surface area contributed by atoms with E-state index in [2.05, 4.69) is 20.4 Å². The van der Waals surface area contributed by atoms with E-state index in [-0.39, 0.29) is 30.0 Å². The van der Waals surface area contributed by atoms with Crippen LogP contribution in [0.15, 0.2) is 29.1 Å². The first kappa shape index (κ1) is 20.4. The van der Waals surface area contributed by atoms with Crippen LogP contribution in [0.3, 0.4) is 0 Å². The van der Waals surface area contributed by atoms with Crippen molar-refractivity contribution >= 4 is 5.91 Å². The smallest absolute Gasteiger partial charge is 0.252 e. The van der Waals surface area contributed by atoms with E-state index in [4.69, 9.17) is 0 Å². The van der Waals surface area contributed by atoms with E-state index in [1.54, 1.807) is 13.8 Å². The van der Waals surface area contributed by atoms with Gasteiger partial charge in [-0.3, -0.25) is 14.6 Å². The second-order valence-electron chi connectivity index (χ2n) is 6.75. The van der Waals surface area contributed by atoms with Crippen molar-refractivity contribution in [3.05, 3.63) is 74.5 Å². The molecule has 0 atom stereocenters. The van der Waals surface area contributed by atoms with Crippen LogP contribution in [0.25, 0.3) is 5.95 Å². The molecule has 29 heavy (non-hydrogen) atoms. The minimum absolute atomic E-state index is 0.126. The van der Waals surface area contributed by atoms with Crippen molar-refractivity contribution in [1.82, 2.24) is 25.1 Å². The van der Waals surface area contributed by atoms with E-state index in [1.807, 2.05) is 6.92 Å². The predicted molar refractivity (Wildman–Crippen MR) is 103 cm³/mol. The highest BCUT2D eigenvalue weighted by atomic mass is 19.1. The van der Waals surface area contributed by atoms with Gasteiger partial charge in [0.15, 0.2) is 0 Å². The van der Waals surface area contributed by atoms with Crippen LogP contribution >= 0.6 is 0 Å². The Hall–Kier alpha value is -3.36. The molecule has 0 bridgehead atoms. The zero-order chi connectivity index (χ0) is 21.1. The maximum Gasteiger partial charge on any atom is 0.252 e. The number of nitrogens with zero attached hydrogens (tertiary/aromatic N) is 3. The van der Waals surface area contributed by atoms with Crippen molar-refractivity contribution in [3.8, 4) is 5.95 Å². The minimum Gasteiger partial charge on any atom is -0.352 e. The standard InChI is InChI=1S/C20H21F2N5O2/c1-11-9-19(29)25-20(24-11)27-13(3)14(12(2)26-27)7-8-18(28)23-10-15-16(21)5-4-6-17(15)22/h4-6,9H,7-8,10H2,1-3H3,(H,23,28)(H,24,25,29). The molecule has 3 rings (SSSR count). The summed E-state index contributed by atoms with van der Waals surface area (Å²) in [7, 11) is 0. The Balaban J connectivity index is 1.69. The highest BCUT2D eigenvalue weighted by molar-refractivity contribution is 5.76. The molecule has 2 aromatic heterocycles. The largest absolute Gasteiger partial charge is 0.352 e. The zero-order valence-corrected chi connectivity index (χ0v) is 16.3. The Labute approximate surface area is 165 Å². The Morgan fingerprint density at radius 2 is 1.86 bits per heavy atom. The molecule has 0 saturated carbocycles. The van der Waals surface area contributed by atoms with Crippen molar-refractivity contribution in [2.24, 2.45) is 0 Å². The van der Waals surface area contributed by atoms with Crippen molar-refractivity contribution in [2.75, 3.05) is 0 Å². The van der Waals surface area contributed by atoms with Crippen LogP contribution in [0.1, 0.15) is 34.6 Å². The first-order chi connectivity index (χ1) is 13.8. The number of hydrogen-bond acceptors (Lipinski definition) is 4. The summed E-state index contributed by atoms with van der Waals surface area (Å²) in [4.78, 5) is 30.8. The first-order valence-corrected chi connectivity index (χ1v) is 9.09. The number of benzene rings is 1. The maximum absolute atomic E-state index is 13.6. The average Bonchev–Trinajstić information content (AvgIpc) is 2.93. The number of aromatic amines is 1. The van der Waals surface area contributed by atoms with E-state index in [0.717, 1.165) is 23.4 Å². The summed E-state index contributed by atoms with van der Waals surface area (Å²) >= 11 is 0. The van der Waals surface area contributed by atoms with E-state index >= 15 is 0 Å². The Kier molecular flexibility index (Phi) is 5.86. The quantitative estimate of drug-likeness (QED) is 0.663. The molecule has 2 heterocycles. The van der Waals surface area contributed by atoms with Crippen LogP contribution in [0.4, 0.5) is 8.78 Å². The number of amides is 1. The van der Waals surface area contributed by atoms with Gasteiger partial charge < -0.3 is 5.32 Å². The van der Waals surface area contributed by atoms with Gasteiger partial charge in [-0.2, -0.15) is 5.10 Å². The number of carbonyl (C=O) groups excluding carboxylic acids is 1. The number of halogens is 2. The van der Waals surface area contributed by atoms with Crippen LogP contribution in [0.2, 0.25) is 0 Å². The molecule has 2 N–H and O–H groups in total. The molecule has 0 aliphatic rings. The lowest BCUT2D eigenvalue weighted by molar-refractivity contribution is -0.121. The van der Waals surface area contributed by atoms with Gasteiger partial charge in [0, 0.05) is 36.0 Å². The molecular weight excluding hydrogens is 380 g/mol. The number of carbonyl (C=O) groups is 1. The summed E-state index contributed by atoms with van der Waals surface area (Å²) in [6.45, 7) is 5.13. The molecule has 0 aliphatic heterocycles. The van der Waals surface area contributed by atoms with E-state index in [1.165, 1.54) is 16.8 Å². The SMILES string of the molecule is Cc1cc(=O)[nH]c(-n2nc(C)c(CCC(=O)NCc3c(F)cccc3F)c2C)n1. The third-order valence-corrected chi connectivity index (χ3v) is 4.63. The highest BCUT2D eigenvalue weighted by Gasteiger charge is 2.16. The predicted octanol–water partition coefficient (Wildman–Crippen LogP) is 2.41. The van der Waals surface area contributed by atoms with Gasteiger partial charge in [0.1, 0.15) is 11.6 Å². The molecule has 3 aromatic rings. The summed E-state index contributed by atoms with van der Waals surface area (Å²) in [5.41, 5.74) is 2.43. The molecular formula is C20H21F2N5O2. The second-order valence-corrected chi connectivity index (χ2v) is 6.75. The Morgan fingerprint density at radius 3 is 2.52 bits per heavy atom. The third-order valence-electron chi connectivity index (χ3n) is 4.63. The molecule has 7 nitrogen and oxygen atoms in total. The summed E-state index contributed by atoms with van der Waals surface area (Å²) in [5, 5.41) is 6.95. The van der Waals surface area contributed by atoms with E-state index in [9.17, 15) is 18.4 Å². The van der Waals surface area contributed by atoms with Gasteiger partial charge in [-0.1, -0.05) is 6.07 Å². The van der Waals surface area contributed by atoms with Crippen molar-refractivity contribution in [3.63, 3.8) is 0 Å². The molecule has 0 radical (unpaired) electrons. The van der Waals surface area contributed by atoms with Gasteiger partial charge in [0.25, 0.3) is 5.56 Å². The van der Waals surface area contributed by atoms with Crippen molar-refractivity contribution in [1.29, 1.82) is 0 Å². The number of nitrogens with one attached hydrogen (secondary N) is 2. The molecule has 0 fully saturated rings. The van der Waals surface area contributed by atoms with Crippen LogP contribution < -0.4 is 10.9 Å². The fraction of sp³-hybridized carbons (Fsp3) is 0.300. The molecule has 9 heteroatoms. The van der Waals surface area contributed by atoms with Gasteiger partial charge in [-0.05, 0) is 44.9 Å². The number of rotatable bonds is 6. The fourth-order valence-electron chi connectivity index (χ4n) is 3.12. The first-order valence-electron chi connectivity index (χ1n) is 9.09. The number of H-pyrrole nitrogens is 1. The highest BCUT2D eigenvalue weighted by Crippen LogP contribution is 2.17.